The average Bonchev–Trinajstić information content (AvgIpc) is 2.75. The highest BCUT2D eigenvalue weighted by molar-refractivity contribution is 5.58. The first-order chi connectivity index (χ1) is 13.9. The van der Waals surface area contributed by atoms with Gasteiger partial charge in [0, 0.05) is 53.2 Å². The van der Waals surface area contributed by atoms with Crippen LogP contribution in [0.2, 0.25) is 0 Å². The van der Waals surface area contributed by atoms with Crippen LogP contribution < -0.4 is 4.74 Å². The second-order valence-corrected chi connectivity index (χ2v) is 7.17. The number of para-hydroxylation sites is 2. The number of hydrogen-bond donors (Lipinski definition) is 0. The number of rotatable bonds is 4. The van der Waals surface area contributed by atoms with Crippen LogP contribution in [0.15, 0.2) is 97.3 Å². The Labute approximate surface area is 164 Å². The summed E-state index contributed by atoms with van der Waals surface area (Å²) in [6.45, 7) is 0. The summed E-state index contributed by atoms with van der Waals surface area (Å²) in [4.78, 5) is 9.29. The topological polar surface area (TPSA) is 35.0 Å². The third-order valence-corrected chi connectivity index (χ3v) is 5.44. The Balaban J connectivity index is 1.75. The van der Waals surface area contributed by atoms with E-state index in [-0.39, 0.29) is 5.41 Å². The third-order valence-electron chi connectivity index (χ3n) is 5.44. The Bertz CT molecular complexity index is 1000. The molecule has 0 N–H and O–H groups in total. The predicted molar refractivity (Wildman–Crippen MR) is 110 cm³/mol. The van der Waals surface area contributed by atoms with Crippen molar-refractivity contribution in [2.24, 2.45) is 0 Å². The Morgan fingerprint density at radius 3 is 1.50 bits per heavy atom. The van der Waals surface area contributed by atoms with E-state index in [1.165, 1.54) is 11.1 Å². The minimum Gasteiger partial charge on any atom is -0.457 e. The van der Waals surface area contributed by atoms with E-state index in [0.717, 1.165) is 35.7 Å². The van der Waals surface area contributed by atoms with Gasteiger partial charge in [-0.1, -0.05) is 48.5 Å². The van der Waals surface area contributed by atoms with E-state index in [1.54, 1.807) is 0 Å². The minimum atomic E-state index is -0.297. The molecule has 0 fully saturated rings. The summed E-state index contributed by atoms with van der Waals surface area (Å²) in [7, 11) is 0. The lowest BCUT2D eigenvalue weighted by Crippen LogP contribution is -2.36. The van der Waals surface area contributed by atoms with E-state index in [4.69, 9.17) is 4.74 Å². The molecule has 2 aromatic heterocycles. The van der Waals surface area contributed by atoms with Crippen LogP contribution in [0.3, 0.4) is 0 Å². The number of ether oxygens (including phenoxy) is 1. The van der Waals surface area contributed by atoms with Crippen molar-refractivity contribution >= 4 is 0 Å². The molecule has 136 valence electrons. The maximum atomic E-state index is 6.27. The molecule has 0 saturated carbocycles. The molecule has 5 rings (SSSR count). The summed E-state index contributed by atoms with van der Waals surface area (Å²) in [5.41, 5.74) is 4.19. The lowest BCUT2D eigenvalue weighted by molar-refractivity contribution is 0.382. The van der Waals surface area contributed by atoms with E-state index in [1.807, 2.05) is 48.8 Å². The second-order valence-electron chi connectivity index (χ2n) is 7.17. The highest BCUT2D eigenvalue weighted by atomic mass is 16.5. The molecule has 0 radical (unpaired) electrons. The van der Waals surface area contributed by atoms with Crippen LogP contribution in [0.5, 0.6) is 11.5 Å². The molecule has 0 atom stereocenters. The summed E-state index contributed by atoms with van der Waals surface area (Å²) in [5, 5.41) is 0. The Morgan fingerprint density at radius 2 is 1.04 bits per heavy atom. The van der Waals surface area contributed by atoms with Gasteiger partial charge in [0.2, 0.25) is 0 Å². The molecule has 3 heteroatoms. The molecule has 3 heterocycles. The molecule has 0 spiro atoms. The van der Waals surface area contributed by atoms with Crippen molar-refractivity contribution < 1.29 is 4.74 Å². The molecule has 1 aliphatic rings. The highest BCUT2D eigenvalue weighted by Crippen LogP contribution is 2.50. The van der Waals surface area contributed by atoms with Crippen LogP contribution in [0, 0.1) is 0 Å². The van der Waals surface area contributed by atoms with E-state index in [9.17, 15) is 0 Å². The molecule has 0 saturated heterocycles. The molecule has 4 aromatic rings. The summed E-state index contributed by atoms with van der Waals surface area (Å²) in [6.07, 6.45) is 5.28. The SMILES string of the molecule is c1ccc(CC2(Cc3ccccn3)c3ccccc3Oc3ccccc32)nc1. The zero-order chi connectivity index (χ0) is 18.8. The molecular formula is C25H20N2O. The van der Waals surface area contributed by atoms with Crippen molar-refractivity contribution in [1.82, 2.24) is 9.97 Å². The molecule has 0 unspecified atom stereocenters. The van der Waals surface area contributed by atoms with Gasteiger partial charge in [-0.05, 0) is 36.4 Å². The van der Waals surface area contributed by atoms with Gasteiger partial charge in [-0.15, -0.1) is 0 Å². The maximum Gasteiger partial charge on any atom is 0.131 e. The van der Waals surface area contributed by atoms with Crippen molar-refractivity contribution in [2.75, 3.05) is 0 Å². The van der Waals surface area contributed by atoms with Gasteiger partial charge in [-0.3, -0.25) is 9.97 Å². The van der Waals surface area contributed by atoms with Gasteiger partial charge in [-0.2, -0.15) is 0 Å². The molecule has 2 aromatic carbocycles. The van der Waals surface area contributed by atoms with Crippen LogP contribution in [-0.2, 0) is 18.3 Å². The molecule has 0 bridgehead atoms. The quantitative estimate of drug-likeness (QED) is 0.489. The Kier molecular flexibility index (Phi) is 4.13. The van der Waals surface area contributed by atoms with E-state index >= 15 is 0 Å². The number of pyridine rings is 2. The zero-order valence-electron chi connectivity index (χ0n) is 15.5. The van der Waals surface area contributed by atoms with E-state index in [2.05, 4.69) is 58.5 Å². The lowest BCUT2D eigenvalue weighted by atomic mass is 9.66. The number of nitrogens with zero attached hydrogens (tertiary/aromatic N) is 2. The number of aromatic nitrogens is 2. The van der Waals surface area contributed by atoms with Crippen LogP contribution in [0.4, 0.5) is 0 Å². The summed E-state index contributed by atoms with van der Waals surface area (Å²) in [5.74, 6) is 1.82. The Hall–Kier alpha value is -3.46. The Morgan fingerprint density at radius 1 is 0.571 bits per heavy atom. The first-order valence-corrected chi connectivity index (χ1v) is 9.52. The van der Waals surface area contributed by atoms with Crippen LogP contribution in [0.25, 0.3) is 0 Å². The van der Waals surface area contributed by atoms with E-state index in [0.29, 0.717) is 0 Å². The van der Waals surface area contributed by atoms with Crippen molar-refractivity contribution in [3.05, 3.63) is 120 Å². The predicted octanol–water partition coefficient (Wildman–Crippen LogP) is 5.35. The third kappa shape index (κ3) is 2.85. The number of benzene rings is 2. The van der Waals surface area contributed by atoms with Gasteiger partial charge in [0.05, 0.1) is 0 Å². The normalized spacial score (nSPS) is 13.9. The van der Waals surface area contributed by atoms with Crippen LogP contribution in [0.1, 0.15) is 22.5 Å². The number of hydrogen-bond acceptors (Lipinski definition) is 3. The van der Waals surface area contributed by atoms with Crippen molar-refractivity contribution in [2.45, 2.75) is 18.3 Å². The molecule has 3 nitrogen and oxygen atoms in total. The smallest absolute Gasteiger partial charge is 0.131 e. The van der Waals surface area contributed by atoms with Crippen LogP contribution in [-0.4, -0.2) is 9.97 Å². The molecule has 1 aliphatic heterocycles. The van der Waals surface area contributed by atoms with Gasteiger partial charge in [0.25, 0.3) is 0 Å². The summed E-state index contributed by atoms with van der Waals surface area (Å²) >= 11 is 0. The van der Waals surface area contributed by atoms with Gasteiger partial charge in [0.1, 0.15) is 11.5 Å². The average molecular weight is 364 g/mol. The van der Waals surface area contributed by atoms with Crippen molar-refractivity contribution in [1.29, 1.82) is 0 Å². The lowest BCUT2D eigenvalue weighted by Gasteiger charge is -2.40. The molecule has 0 amide bonds. The fraction of sp³-hybridized carbons (Fsp3) is 0.120. The van der Waals surface area contributed by atoms with Crippen molar-refractivity contribution in [3.8, 4) is 11.5 Å². The van der Waals surface area contributed by atoms with Crippen LogP contribution >= 0.6 is 0 Å². The first kappa shape index (κ1) is 16.7. The van der Waals surface area contributed by atoms with Gasteiger partial charge in [0.15, 0.2) is 0 Å². The monoisotopic (exact) mass is 364 g/mol. The first-order valence-electron chi connectivity index (χ1n) is 9.52. The number of fused-ring (bicyclic) bond motifs is 2. The highest BCUT2D eigenvalue weighted by Gasteiger charge is 2.42. The molecule has 28 heavy (non-hydrogen) atoms. The summed E-state index contributed by atoms with van der Waals surface area (Å²) < 4.78 is 6.27. The van der Waals surface area contributed by atoms with Crippen molar-refractivity contribution in [3.63, 3.8) is 0 Å². The summed E-state index contributed by atoms with van der Waals surface area (Å²) in [6, 6.07) is 28.9. The standard InChI is InChI=1S/C25H20N2O/c1-3-13-23-21(11-1)25(17-19-9-5-7-15-26-19,18-20-10-6-8-16-27-20)22-12-2-4-14-24(22)28-23/h1-16H,17-18H2. The zero-order valence-corrected chi connectivity index (χ0v) is 15.5. The fourth-order valence-electron chi connectivity index (χ4n) is 4.23. The van der Waals surface area contributed by atoms with E-state index < -0.39 is 0 Å². The van der Waals surface area contributed by atoms with Gasteiger partial charge < -0.3 is 4.74 Å². The molecule has 0 aliphatic carbocycles. The largest absolute Gasteiger partial charge is 0.457 e. The van der Waals surface area contributed by atoms with Gasteiger partial charge >= 0.3 is 0 Å². The van der Waals surface area contributed by atoms with Gasteiger partial charge in [-0.25, -0.2) is 0 Å². The fourth-order valence-corrected chi connectivity index (χ4v) is 4.23. The molecular weight excluding hydrogens is 344 g/mol. The maximum absolute atomic E-state index is 6.27. The second kappa shape index (κ2) is 6.93. The minimum absolute atomic E-state index is 0.297.